The average molecular weight is 404 g/mol. The molecule has 7 nitrogen and oxygen atoms in total. The Labute approximate surface area is 165 Å². The summed E-state index contributed by atoms with van der Waals surface area (Å²) in [5.74, 6) is -0.481. The molecule has 0 spiro atoms. The van der Waals surface area contributed by atoms with Crippen LogP contribution in [0.25, 0.3) is 0 Å². The molecule has 0 radical (unpaired) electrons. The van der Waals surface area contributed by atoms with Crippen LogP contribution in [-0.4, -0.2) is 55.0 Å². The largest absolute Gasteiger partial charge is 0.350 e. The Hall–Kier alpha value is -2.22. The highest BCUT2D eigenvalue weighted by atomic mass is 32.2. The first kappa shape index (κ1) is 19.1. The van der Waals surface area contributed by atoms with Crippen LogP contribution in [0.1, 0.15) is 44.1 Å². The number of rotatable bonds is 5. The molecule has 2 heterocycles. The minimum atomic E-state index is -3.13. The maximum Gasteiger partial charge on any atom is 0.267 e. The highest BCUT2D eigenvalue weighted by molar-refractivity contribution is 7.91. The van der Waals surface area contributed by atoms with Gasteiger partial charge in [0.15, 0.2) is 9.84 Å². The van der Waals surface area contributed by atoms with Crippen LogP contribution >= 0.6 is 0 Å². The second-order valence-corrected chi connectivity index (χ2v) is 10.3. The maximum atomic E-state index is 12.7. The van der Waals surface area contributed by atoms with E-state index in [-0.39, 0.29) is 35.2 Å². The molecule has 3 aliphatic rings. The van der Waals surface area contributed by atoms with E-state index < -0.39 is 15.9 Å². The summed E-state index contributed by atoms with van der Waals surface area (Å²) in [6.07, 6.45) is 4.07. The van der Waals surface area contributed by atoms with Crippen molar-refractivity contribution in [3.63, 3.8) is 0 Å². The Kier molecular flexibility index (Phi) is 4.99. The van der Waals surface area contributed by atoms with Gasteiger partial charge in [-0.2, -0.15) is 5.10 Å². The maximum absolute atomic E-state index is 12.7. The monoisotopic (exact) mass is 403 g/mol. The summed E-state index contributed by atoms with van der Waals surface area (Å²) >= 11 is 0. The summed E-state index contributed by atoms with van der Waals surface area (Å²) in [7, 11) is -3.13. The Morgan fingerprint density at radius 1 is 1.21 bits per heavy atom. The van der Waals surface area contributed by atoms with Crippen molar-refractivity contribution < 1.29 is 18.0 Å². The molecule has 1 N–H and O–H groups in total. The molecule has 0 bridgehead atoms. The molecule has 28 heavy (non-hydrogen) atoms. The number of nitrogens with one attached hydrogen (secondary N) is 1. The molecule has 1 aliphatic carbocycles. The van der Waals surface area contributed by atoms with Crippen LogP contribution in [0.15, 0.2) is 35.4 Å². The molecule has 8 heteroatoms. The van der Waals surface area contributed by atoms with E-state index in [1.54, 1.807) is 0 Å². The first-order valence-corrected chi connectivity index (χ1v) is 11.6. The van der Waals surface area contributed by atoms with Crippen molar-refractivity contribution in [1.29, 1.82) is 0 Å². The zero-order valence-corrected chi connectivity index (χ0v) is 16.6. The predicted octanol–water partition coefficient (Wildman–Crippen LogP) is 1.39. The Morgan fingerprint density at radius 2 is 1.96 bits per heavy atom. The normalized spacial score (nSPS) is 25.7. The zero-order chi connectivity index (χ0) is 19.8. The highest BCUT2D eigenvalue weighted by Crippen LogP contribution is 2.43. The summed E-state index contributed by atoms with van der Waals surface area (Å²) in [6.45, 7) is 0.542. The van der Waals surface area contributed by atoms with Crippen LogP contribution in [0.4, 0.5) is 0 Å². The Balaban J connectivity index is 1.44. The van der Waals surface area contributed by atoms with Crippen molar-refractivity contribution in [2.45, 2.75) is 50.0 Å². The quantitative estimate of drug-likeness (QED) is 0.804. The van der Waals surface area contributed by atoms with E-state index in [0.29, 0.717) is 25.1 Å². The molecule has 1 atom stereocenters. The number of carbonyl (C=O) groups excluding carboxylic acids is 2. The van der Waals surface area contributed by atoms with E-state index in [9.17, 15) is 18.0 Å². The summed E-state index contributed by atoms with van der Waals surface area (Å²) in [4.78, 5) is 24.9. The Bertz CT molecular complexity index is 907. The van der Waals surface area contributed by atoms with Crippen LogP contribution in [0.2, 0.25) is 0 Å². The number of amides is 2. The van der Waals surface area contributed by atoms with Gasteiger partial charge in [0.2, 0.25) is 5.91 Å². The molecular formula is C20H25N3O4S. The molecular weight excluding hydrogens is 378 g/mol. The fourth-order valence-electron chi connectivity index (χ4n) is 4.30. The fourth-order valence-corrected chi connectivity index (χ4v) is 5.99. The molecule has 150 valence electrons. The van der Waals surface area contributed by atoms with E-state index in [2.05, 4.69) is 22.6 Å². The molecule has 1 unspecified atom stereocenters. The highest BCUT2D eigenvalue weighted by Gasteiger charge is 2.40. The fraction of sp³-hybridized carbons (Fsp3) is 0.550. The number of nitrogens with zero attached hydrogens (tertiary/aromatic N) is 2. The van der Waals surface area contributed by atoms with Crippen molar-refractivity contribution in [2.75, 3.05) is 18.1 Å². The zero-order valence-electron chi connectivity index (χ0n) is 15.8. The first-order valence-electron chi connectivity index (χ1n) is 9.82. The van der Waals surface area contributed by atoms with E-state index in [0.717, 1.165) is 19.3 Å². The second kappa shape index (κ2) is 7.31. The first-order chi connectivity index (χ1) is 13.4. The van der Waals surface area contributed by atoms with Crippen LogP contribution in [0, 0.1) is 0 Å². The van der Waals surface area contributed by atoms with E-state index in [1.165, 1.54) is 10.6 Å². The van der Waals surface area contributed by atoms with Gasteiger partial charge in [-0.3, -0.25) is 9.59 Å². The average Bonchev–Trinajstić information content (AvgIpc) is 3.01. The number of hydrazone groups is 1. The standard InChI is InChI=1S/C20H25N3O4S/c24-18-8-7-17(22-23(18)16-9-12-28(26,27)13-16)19(25)21-14-20(10-4-11-20)15-5-2-1-3-6-15/h1-3,5-6,16H,4,7-14H2,(H,21,25). The second-order valence-electron chi connectivity index (χ2n) is 8.02. The molecule has 0 aromatic heterocycles. The van der Waals surface area contributed by atoms with Crippen molar-refractivity contribution in [1.82, 2.24) is 10.3 Å². The summed E-state index contributed by atoms with van der Waals surface area (Å²) in [6, 6.07) is 9.76. The lowest BCUT2D eigenvalue weighted by Gasteiger charge is -2.42. The third-order valence-corrected chi connectivity index (χ3v) is 7.91. The van der Waals surface area contributed by atoms with Crippen LogP contribution in [0.3, 0.4) is 0 Å². The lowest BCUT2D eigenvalue weighted by atomic mass is 9.64. The number of hydrogen-bond donors (Lipinski definition) is 1. The van der Waals surface area contributed by atoms with Gasteiger partial charge in [-0.25, -0.2) is 13.4 Å². The molecule has 2 amide bonds. The molecule has 1 aromatic rings. The van der Waals surface area contributed by atoms with E-state index in [1.807, 2.05) is 18.2 Å². The summed E-state index contributed by atoms with van der Waals surface area (Å²) in [5.41, 5.74) is 1.52. The number of sulfone groups is 1. The smallest absolute Gasteiger partial charge is 0.267 e. The Morgan fingerprint density at radius 3 is 2.57 bits per heavy atom. The van der Waals surface area contributed by atoms with Gasteiger partial charge < -0.3 is 5.32 Å². The number of carbonyl (C=O) groups is 2. The van der Waals surface area contributed by atoms with Crippen molar-refractivity contribution in [3.05, 3.63) is 35.9 Å². The minimum absolute atomic E-state index is 0.0266. The molecule has 1 saturated heterocycles. The topological polar surface area (TPSA) is 95.9 Å². The van der Waals surface area contributed by atoms with E-state index in [4.69, 9.17) is 0 Å². The number of hydrogen-bond acceptors (Lipinski definition) is 5. The van der Waals surface area contributed by atoms with Gasteiger partial charge in [-0.05, 0) is 24.8 Å². The predicted molar refractivity (Wildman–Crippen MR) is 106 cm³/mol. The lowest BCUT2D eigenvalue weighted by Crippen LogP contribution is -2.49. The summed E-state index contributed by atoms with van der Waals surface area (Å²) < 4.78 is 23.5. The SMILES string of the molecule is O=C(NCC1(c2ccccc2)CCC1)C1=NN(C2CCS(=O)(=O)C2)C(=O)CC1. The number of benzene rings is 1. The third kappa shape index (κ3) is 3.70. The lowest BCUT2D eigenvalue weighted by molar-refractivity contribution is -0.133. The van der Waals surface area contributed by atoms with Crippen molar-refractivity contribution in [2.24, 2.45) is 5.10 Å². The van der Waals surface area contributed by atoms with Gasteiger partial charge in [-0.1, -0.05) is 36.8 Å². The molecule has 2 aliphatic heterocycles. The van der Waals surface area contributed by atoms with Crippen LogP contribution in [-0.2, 0) is 24.8 Å². The van der Waals surface area contributed by atoms with Gasteiger partial charge in [-0.15, -0.1) is 0 Å². The van der Waals surface area contributed by atoms with Gasteiger partial charge in [0.05, 0.1) is 17.5 Å². The minimum Gasteiger partial charge on any atom is -0.350 e. The van der Waals surface area contributed by atoms with Gasteiger partial charge in [0, 0.05) is 24.8 Å². The molecule has 1 aromatic carbocycles. The molecule has 1 saturated carbocycles. The molecule has 4 rings (SSSR count). The van der Waals surface area contributed by atoms with Crippen LogP contribution in [0.5, 0.6) is 0 Å². The van der Waals surface area contributed by atoms with E-state index >= 15 is 0 Å². The van der Waals surface area contributed by atoms with Gasteiger partial charge in [0.25, 0.3) is 5.91 Å². The summed E-state index contributed by atoms with van der Waals surface area (Å²) in [5, 5.41) is 8.50. The molecule has 2 fully saturated rings. The van der Waals surface area contributed by atoms with Gasteiger partial charge in [0.1, 0.15) is 5.71 Å². The van der Waals surface area contributed by atoms with Crippen molar-refractivity contribution >= 4 is 27.4 Å². The third-order valence-electron chi connectivity index (χ3n) is 6.16. The van der Waals surface area contributed by atoms with Crippen molar-refractivity contribution in [3.8, 4) is 0 Å². The van der Waals surface area contributed by atoms with Crippen LogP contribution < -0.4 is 5.32 Å². The van der Waals surface area contributed by atoms with Gasteiger partial charge >= 0.3 is 0 Å².